The number of hydrogen-bond donors (Lipinski definition) is 0. The van der Waals surface area contributed by atoms with Crippen LogP contribution in [-0.2, 0) is 19.1 Å². The van der Waals surface area contributed by atoms with Crippen LogP contribution in [0.2, 0.25) is 0 Å². The molecule has 0 radical (unpaired) electrons. The first-order valence-corrected chi connectivity index (χ1v) is 5.30. The highest BCUT2D eigenvalue weighted by molar-refractivity contribution is 5.82. The molecule has 3 unspecified atom stereocenters. The van der Waals surface area contributed by atoms with Crippen molar-refractivity contribution in [3.8, 4) is 0 Å². The highest BCUT2D eigenvalue weighted by Gasteiger charge is 2.44. The molecule has 7 nitrogen and oxygen atoms in total. The third kappa shape index (κ3) is 2.92. The Balaban J connectivity index is 2.83. The monoisotopic (exact) mass is 245 g/mol. The van der Waals surface area contributed by atoms with Crippen LogP contribution in [0.3, 0.4) is 0 Å². The van der Waals surface area contributed by atoms with Crippen LogP contribution in [0, 0.1) is 22.0 Å². The number of rotatable bonds is 3. The van der Waals surface area contributed by atoms with Gasteiger partial charge in [0.2, 0.25) is 6.04 Å². The van der Waals surface area contributed by atoms with Crippen LogP contribution >= 0.6 is 0 Å². The molecule has 17 heavy (non-hydrogen) atoms. The molecule has 96 valence electrons. The third-order valence-corrected chi connectivity index (χ3v) is 3.13. The number of hydrogen-bond acceptors (Lipinski definition) is 6. The molecule has 0 amide bonds. The van der Waals surface area contributed by atoms with Crippen molar-refractivity contribution < 1.29 is 24.0 Å². The molecular formula is C10H15NO6. The van der Waals surface area contributed by atoms with E-state index in [4.69, 9.17) is 0 Å². The van der Waals surface area contributed by atoms with Gasteiger partial charge in [-0.3, -0.25) is 19.7 Å². The van der Waals surface area contributed by atoms with E-state index in [9.17, 15) is 19.7 Å². The Morgan fingerprint density at radius 3 is 2.12 bits per heavy atom. The standard InChI is InChI=1S/C10H15NO6/c1-16-9(12)7-4-3-6(11(14)15)5-8(7)10(13)17-2/h6-8H,3-5H2,1-2H3. The Bertz CT molecular complexity index is 329. The molecule has 1 aliphatic carbocycles. The van der Waals surface area contributed by atoms with E-state index >= 15 is 0 Å². The molecule has 1 aliphatic rings. The first-order chi connectivity index (χ1) is 8.01. The Hall–Kier alpha value is -1.66. The summed E-state index contributed by atoms with van der Waals surface area (Å²) in [5.74, 6) is -2.52. The maximum absolute atomic E-state index is 11.5. The van der Waals surface area contributed by atoms with E-state index in [0.717, 1.165) is 0 Å². The van der Waals surface area contributed by atoms with E-state index in [1.807, 2.05) is 0 Å². The lowest BCUT2D eigenvalue weighted by molar-refractivity contribution is -0.528. The van der Waals surface area contributed by atoms with Crippen LogP contribution < -0.4 is 0 Å². The fourth-order valence-corrected chi connectivity index (χ4v) is 2.19. The van der Waals surface area contributed by atoms with Crippen molar-refractivity contribution in [1.82, 2.24) is 0 Å². The summed E-state index contributed by atoms with van der Waals surface area (Å²) in [6, 6.07) is -0.792. The zero-order valence-electron chi connectivity index (χ0n) is 9.75. The lowest BCUT2D eigenvalue weighted by Crippen LogP contribution is -2.41. The molecule has 0 spiro atoms. The van der Waals surface area contributed by atoms with Gasteiger partial charge < -0.3 is 9.47 Å². The summed E-state index contributed by atoms with van der Waals surface area (Å²) >= 11 is 0. The van der Waals surface area contributed by atoms with Gasteiger partial charge >= 0.3 is 11.9 Å². The number of carbonyl (C=O) groups excluding carboxylic acids is 2. The quantitative estimate of drug-likeness (QED) is 0.405. The Kier molecular flexibility index (Phi) is 4.42. The predicted octanol–water partition coefficient (Wildman–Crippen LogP) is 0.394. The summed E-state index contributed by atoms with van der Waals surface area (Å²) in [4.78, 5) is 33.3. The van der Waals surface area contributed by atoms with Gasteiger partial charge in [0, 0.05) is 17.8 Å². The maximum Gasteiger partial charge on any atom is 0.309 e. The summed E-state index contributed by atoms with van der Waals surface area (Å²) in [6.45, 7) is 0. The predicted molar refractivity (Wildman–Crippen MR) is 55.6 cm³/mol. The zero-order valence-corrected chi connectivity index (χ0v) is 9.75. The number of esters is 2. The molecule has 0 bridgehead atoms. The minimum absolute atomic E-state index is 0.0272. The van der Waals surface area contributed by atoms with E-state index < -0.39 is 34.7 Å². The first kappa shape index (κ1) is 13.4. The number of methoxy groups -OCH3 is 2. The van der Waals surface area contributed by atoms with Crippen LogP contribution in [-0.4, -0.2) is 37.1 Å². The molecule has 0 aromatic carbocycles. The fourth-order valence-electron chi connectivity index (χ4n) is 2.19. The van der Waals surface area contributed by atoms with E-state index in [2.05, 4.69) is 9.47 Å². The van der Waals surface area contributed by atoms with E-state index in [-0.39, 0.29) is 19.3 Å². The molecule has 0 aliphatic heterocycles. The van der Waals surface area contributed by atoms with Crippen molar-refractivity contribution in [2.75, 3.05) is 14.2 Å². The van der Waals surface area contributed by atoms with Crippen LogP contribution in [0.1, 0.15) is 19.3 Å². The maximum atomic E-state index is 11.5. The molecular weight excluding hydrogens is 230 g/mol. The van der Waals surface area contributed by atoms with Crippen LogP contribution in [0.4, 0.5) is 0 Å². The summed E-state index contributed by atoms with van der Waals surface area (Å²) in [6.07, 6.45) is 0.581. The fraction of sp³-hybridized carbons (Fsp3) is 0.800. The Morgan fingerprint density at radius 2 is 1.65 bits per heavy atom. The minimum atomic E-state index is -0.792. The molecule has 7 heteroatoms. The minimum Gasteiger partial charge on any atom is -0.469 e. The molecule has 1 fully saturated rings. The SMILES string of the molecule is COC(=O)C1CCC([N+](=O)[O-])CC1C(=O)OC. The normalized spacial score (nSPS) is 28.2. The van der Waals surface area contributed by atoms with E-state index in [0.29, 0.717) is 0 Å². The molecule has 0 aromatic heterocycles. The van der Waals surface area contributed by atoms with Crippen molar-refractivity contribution in [3.63, 3.8) is 0 Å². The van der Waals surface area contributed by atoms with Gasteiger partial charge in [0.1, 0.15) is 0 Å². The van der Waals surface area contributed by atoms with Gasteiger partial charge in [-0.2, -0.15) is 0 Å². The molecule has 0 aromatic rings. The number of carbonyl (C=O) groups is 2. The Morgan fingerprint density at radius 1 is 1.12 bits per heavy atom. The molecule has 3 atom stereocenters. The second-order valence-electron chi connectivity index (χ2n) is 4.01. The Labute approximate surface area is 98.2 Å². The summed E-state index contributed by atoms with van der Waals surface area (Å²) in [5.41, 5.74) is 0. The lowest BCUT2D eigenvalue weighted by Gasteiger charge is -2.28. The van der Waals surface area contributed by atoms with Crippen molar-refractivity contribution >= 4 is 11.9 Å². The zero-order chi connectivity index (χ0) is 13.0. The second-order valence-corrected chi connectivity index (χ2v) is 4.01. The number of nitrogens with zero attached hydrogens (tertiary/aromatic N) is 1. The van der Waals surface area contributed by atoms with Gasteiger partial charge in [0.05, 0.1) is 26.1 Å². The smallest absolute Gasteiger partial charge is 0.309 e. The van der Waals surface area contributed by atoms with E-state index in [1.165, 1.54) is 14.2 Å². The van der Waals surface area contributed by atoms with Gasteiger partial charge in [-0.15, -0.1) is 0 Å². The molecule has 0 N–H and O–H groups in total. The van der Waals surface area contributed by atoms with Crippen molar-refractivity contribution in [1.29, 1.82) is 0 Å². The van der Waals surface area contributed by atoms with Gasteiger partial charge in [0.25, 0.3) is 0 Å². The number of nitro groups is 1. The van der Waals surface area contributed by atoms with Crippen molar-refractivity contribution in [3.05, 3.63) is 10.1 Å². The molecule has 1 saturated carbocycles. The van der Waals surface area contributed by atoms with Crippen molar-refractivity contribution in [2.24, 2.45) is 11.8 Å². The van der Waals surface area contributed by atoms with Gasteiger partial charge in [-0.1, -0.05) is 0 Å². The van der Waals surface area contributed by atoms with E-state index in [1.54, 1.807) is 0 Å². The summed E-state index contributed by atoms with van der Waals surface area (Å²) in [7, 11) is 2.43. The highest BCUT2D eigenvalue weighted by atomic mass is 16.6. The number of ether oxygens (including phenoxy) is 2. The van der Waals surface area contributed by atoms with Gasteiger partial charge in [-0.05, 0) is 6.42 Å². The summed E-state index contributed by atoms with van der Waals surface area (Å²) in [5, 5.41) is 10.7. The first-order valence-electron chi connectivity index (χ1n) is 5.30. The second kappa shape index (κ2) is 5.60. The highest BCUT2D eigenvalue weighted by Crippen LogP contribution is 2.33. The average Bonchev–Trinajstić information content (AvgIpc) is 2.35. The molecule has 0 saturated heterocycles. The lowest BCUT2D eigenvalue weighted by atomic mass is 9.77. The van der Waals surface area contributed by atoms with Crippen LogP contribution in [0.5, 0.6) is 0 Å². The van der Waals surface area contributed by atoms with Gasteiger partial charge in [-0.25, -0.2) is 0 Å². The van der Waals surface area contributed by atoms with Crippen molar-refractivity contribution in [2.45, 2.75) is 25.3 Å². The van der Waals surface area contributed by atoms with Crippen LogP contribution in [0.15, 0.2) is 0 Å². The average molecular weight is 245 g/mol. The van der Waals surface area contributed by atoms with Crippen LogP contribution in [0.25, 0.3) is 0 Å². The third-order valence-electron chi connectivity index (χ3n) is 3.13. The molecule has 1 rings (SSSR count). The topological polar surface area (TPSA) is 95.7 Å². The molecule has 0 heterocycles. The largest absolute Gasteiger partial charge is 0.469 e. The van der Waals surface area contributed by atoms with Gasteiger partial charge in [0.15, 0.2) is 0 Å². The summed E-state index contributed by atoms with van der Waals surface area (Å²) < 4.78 is 9.17.